The number of nitriles is 1. The zero-order valence-electron chi connectivity index (χ0n) is 18.4. The van der Waals surface area contributed by atoms with Gasteiger partial charge in [-0.2, -0.15) is 5.26 Å². The standard InChI is InChI=1S/C30H26FN/c1-2-3-4-5-6-7-24-8-10-26(11-9-24)18-20-29-21-19-27(22-30(29)31)15-12-25-13-16-28(23-32)17-14-25/h8-11,13-14,16-17,19,21-22H,2-7H2,1H3. The first-order chi connectivity index (χ1) is 15.7. The van der Waals surface area contributed by atoms with E-state index in [0.29, 0.717) is 16.7 Å². The fourth-order valence-electron chi connectivity index (χ4n) is 3.29. The summed E-state index contributed by atoms with van der Waals surface area (Å²) < 4.78 is 14.5. The van der Waals surface area contributed by atoms with Crippen LogP contribution in [0, 0.1) is 40.8 Å². The predicted molar refractivity (Wildman–Crippen MR) is 128 cm³/mol. The predicted octanol–water partition coefficient (Wildman–Crippen LogP) is 7.01. The van der Waals surface area contributed by atoms with E-state index in [-0.39, 0.29) is 5.82 Å². The molecule has 0 heterocycles. The van der Waals surface area contributed by atoms with Crippen molar-refractivity contribution in [3.63, 3.8) is 0 Å². The molecule has 0 spiro atoms. The third-order valence-electron chi connectivity index (χ3n) is 5.20. The summed E-state index contributed by atoms with van der Waals surface area (Å²) in [6.45, 7) is 2.23. The van der Waals surface area contributed by atoms with Crippen LogP contribution in [0.15, 0.2) is 66.7 Å². The molecule has 0 saturated heterocycles. The van der Waals surface area contributed by atoms with E-state index in [9.17, 15) is 4.39 Å². The Labute approximate surface area is 190 Å². The third kappa shape index (κ3) is 7.16. The Morgan fingerprint density at radius 3 is 1.88 bits per heavy atom. The molecule has 0 aliphatic heterocycles. The van der Waals surface area contributed by atoms with Gasteiger partial charge < -0.3 is 0 Å². The van der Waals surface area contributed by atoms with Crippen LogP contribution in [0.25, 0.3) is 0 Å². The summed E-state index contributed by atoms with van der Waals surface area (Å²) in [5.41, 5.74) is 4.50. The maximum atomic E-state index is 14.5. The number of rotatable bonds is 6. The van der Waals surface area contributed by atoms with Crippen molar-refractivity contribution >= 4 is 0 Å². The van der Waals surface area contributed by atoms with Gasteiger partial charge in [0.2, 0.25) is 0 Å². The maximum Gasteiger partial charge on any atom is 0.140 e. The van der Waals surface area contributed by atoms with Crippen LogP contribution in [0.4, 0.5) is 4.39 Å². The van der Waals surface area contributed by atoms with Crippen LogP contribution in [0.3, 0.4) is 0 Å². The van der Waals surface area contributed by atoms with Crippen LogP contribution < -0.4 is 0 Å². The molecule has 32 heavy (non-hydrogen) atoms. The molecule has 3 aromatic carbocycles. The minimum atomic E-state index is -0.382. The Hall–Kier alpha value is -3.80. The van der Waals surface area contributed by atoms with Gasteiger partial charge in [-0.25, -0.2) is 4.39 Å². The van der Waals surface area contributed by atoms with Crippen LogP contribution in [-0.4, -0.2) is 0 Å². The van der Waals surface area contributed by atoms with Gasteiger partial charge in [-0.05, 0) is 73.0 Å². The second-order valence-corrected chi connectivity index (χ2v) is 7.74. The molecular weight excluding hydrogens is 393 g/mol. The van der Waals surface area contributed by atoms with Crippen molar-refractivity contribution in [2.24, 2.45) is 0 Å². The molecule has 158 valence electrons. The number of halogens is 1. The van der Waals surface area contributed by atoms with Crippen molar-refractivity contribution in [3.05, 3.63) is 106 Å². The van der Waals surface area contributed by atoms with Gasteiger partial charge in [0.05, 0.1) is 17.2 Å². The number of unbranched alkanes of at least 4 members (excludes halogenated alkanes) is 4. The Bertz CT molecular complexity index is 1190. The molecule has 0 fully saturated rings. The minimum Gasteiger partial charge on any atom is -0.206 e. The van der Waals surface area contributed by atoms with E-state index in [1.165, 1.54) is 43.7 Å². The van der Waals surface area contributed by atoms with Crippen molar-refractivity contribution in [1.29, 1.82) is 5.26 Å². The SMILES string of the molecule is CCCCCCCc1ccc(C#Cc2ccc(C#Cc3ccc(C#N)cc3)cc2F)cc1. The quantitative estimate of drug-likeness (QED) is 0.311. The van der Waals surface area contributed by atoms with E-state index in [4.69, 9.17) is 5.26 Å². The highest BCUT2D eigenvalue weighted by Gasteiger charge is 2.00. The molecule has 0 unspecified atom stereocenters. The summed E-state index contributed by atoms with van der Waals surface area (Å²) in [6.07, 6.45) is 7.49. The van der Waals surface area contributed by atoms with Gasteiger partial charge in [-0.15, -0.1) is 0 Å². The Morgan fingerprint density at radius 1 is 0.656 bits per heavy atom. The highest BCUT2D eigenvalue weighted by Crippen LogP contribution is 2.12. The van der Waals surface area contributed by atoms with Crippen LogP contribution in [0.2, 0.25) is 0 Å². The zero-order valence-corrected chi connectivity index (χ0v) is 18.4. The molecule has 1 nitrogen and oxygen atoms in total. The monoisotopic (exact) mass is 419 g/mol. The van der Waals surface area contributed by atoms with Gasteiger partial charge >= 0.3 is 0 Å². The smallest absolute Gasteiger partial charge is 0.140 e. The van der Waals surface area contributed by atoms with E-state index >= 15 is 0 Å². The summed E-state index contributed by atoms with van der Waals surface area (Å²) in [4.78, 5) is 0. The van der Waals surface area contributed by atoms with Gasteiger partial charge in [0.25, 0.3) is 0 Å². The first-order valence-electron chi connectivity index (χ1n) is 11.1. The summed E-state index contributed by atoms with van der Waals surface area (Å²) in [6, 6.07) is 22.1. The third-order valence-corrected chi connectivity index (χ3v) is 5.20. The molecule has 0 bridgehead atoms. The van der Waals surface area contributed by atoms with E-state index in [1.807, 2.05) is 12.1 Å². The molecule has 0 amide bonds. The Kier molecular flexibility index (Phi) is 8.69. The van der Waals surface area contributed by atoms with Gasteiger partial charge in [-0.3, -0.25) is 0 Å². The highest BCUT2D eigenvalue weighted by atomic mass is 19.1. The van der Waals surface area contributed by atoms with Crippen molar-refractivity contribution in [3.8, 4) is 29.8 Å². The lowest BCUT2D eigenvalue weighted by molar-refractivity contribution is 0.624. The summed E-state index contributed by atoms with van der Waals surface area (Å²) in [5, 5.41) is 8.84. The van der Waals surface area contributed by atoms with E-state index < -0.39 is 0 Å². The first-order valence-corrected chi connectivity index (χ1v) is 11.1. The topological polar surface area (TPSA) is 23.8 Å². The lowest BCUT2D eigenvalue weighted by Crippen LogP contribution is -1.88. The molecule has 0 aliphatic carbocycles. The lowest BCUT2D eigenvalue weighted by Gasteiger charge is -2.02. The normalized spacial score (nSPS) is 9.78. The molecule has 2 heteroatoms. The van der Waals surface area contributed by atoms with E-state index in [0.717, 1.165) is 17.5 Å². The van der Waals surface area contributed by atoms with Crippen molar-refractivity contribution in [1.82, 2.24) is 0 Å². The number of hydrogen-bond acceptors (Lipinski definition) is 1. The fraction of sp³-hybridized carbons (Fsp3) is 0.233. The van der Waals surface area contributed by atoms with E-state index in [2.05, 4.69) is 48.8 Å². The molecule has 0 radical (unpaired) electrons. The Morgan fingerprint density at radius 2 is 1.22 bits per heavy atom. The molecule has 0 aromatic heterocycles. The summed E-state index contributed by atoms with van der Waals surface area (Å²) in [7, 11) is 0. The second kappa shape index (κ2) is 12.2. The van der Waals surface area contributed by atoms with Crippen molar-refractivity contribution in [2.45, 2.75) is 45.4 Å². The highest BCUT2D eigenvalue weighted by molar-refractivity contribution is 5.49. The molecule has 3 rings (SSSR count). The number of hydrogen-bond donors (Lipinski definition) is 0. The van der Waals surface area contributed by atoms with E-state index in [1.54, 1.807) is 36.4 Å². The average molecular weight is 420 g/mol. The lowest BCUT2D eigenvalue weighted by atomic mass is 10.0. The van der Waals surface area contributed by atoms with Gasteiger partial charge in [-0.1, -0.05) is 68.4 Å². The van der Waals surface area contributed by atoms with Crippen molar-refractivity contribution < 1.29 is 4.39 Å². The fourth-order valence-corrected chi connectivity index (χ4v) is 3.29. The number of aryl methyl sites for hydroxylation is 1. The number of nitrogens with zero attached hydrogens (tertiary/aromatic N) is 1. The average Bonchev–Trinajstić information content (AvgIpc) is 2.83. The summed E-state index contributed by atoms with van der Waals surface area (Å²) in [5.74, 6) is 11.5. The van der Waals surface area contributed by atoms with Gasteiger partial charge in [0, 0.05) is 16.7 Å². The summed E-state index contributed by atoms with van der Waals surface area (Å²) >= 11 is 0. The Balaban J connectivity index is 1.60. The largest absolute Gasteiger partial charge is 0.206 e. The molecule has 0 atom stereocenters. The molecule has 0 N–H and O–H groups in total. The molecule has 0 aliphatic rings. The second-order valence-electron chi connectivity index (χ2n) is 7.74. The molecular formula is C30H26FN. The van der Waals surface area contributed by atoms with Crippen LogP contribution in [-0.2, 0) is 6.42 Å². The van der Waals surface area contributed by atoms with Gasteiger partial charge in [0.1, 0.15) is 5.82 Å². The zero-order chi connectivity index (χ0) is 22.6. The number of benzene rings is 3. The van der Waals surface area contributed by atoms with Crippen LogP contribution in [0.1, 0.15) is 72.4 Å². The van der Waals surface area contributed by atoms with Crippen molar-refractivity contribution in [2.75, 3.05) is 0 Å². The van der Waals surface area contributed by atoms with Crippen LogP contribution >= 0.6 is 0 Å². The maximum absolute atomic E-state index is 14.5. The molecule has 3 aromatic rings. The molecule has 0 saturated carbocycles. The van der Waals surface area contributed by atoms with Gasteiger partial charge in [0.15, 0.2) is 0 Å². The van der Waals surface area contributed by atoms with Crippen LogP contribution in [0.5, 0.6) is 0 Å². The first kappa shape index (κ1) is 22.9. The minimum absolute atomic E-state index is 0.355.